The van der Waals surface area contributed by atoms with Gasteiger partial charge < -0.3 is 5.73 Å². The molecule has 0 bridgehead atoms. The van der Waals surface area contributed by atoms with Crippen LogP contribution in [0.25, 0.3) is 10.9 Å². The highest BCUT2D eigenvalue weighted by Gasteiger charge is 2.24. The summed E-state index contributed by atoms with van der Waals surface area (Å²) in [5, 5.41) is 1.13. The lowest BCUT2D eigenvalue weighted by atomic mass is 10.1. The molecule has 0 aliphatic heterocycles. The van der Waals surface area contributed by atoms with E-state index >= 15 is 0 Å². The number of pyridine rings is 1. The van der Waals surface area contributed by atoms with Gasteiger partial charge in [-0.3, -0.25) is 4.98 Å². The topological polar surface area (TPSA) is 38.9 Å². The largest absolute Gasteiger partial charge is 0.399 e. The summed E-state index contributed by atoms with van der Waals surface area (Å²) in [6.07, 6.45) is 2.60. The normalized spacial score (nSPS) is 16.0. The maximum absolute atomic E-state index is 5.71. The van der Waals surface area contributed by atoms with E-state index < -0.39 is 0 Å². The average Bonchev–Trinajstić information content (AvgIpc) is 3.00. The fourth-order valence-corrected chi connectivity index (χ4v) is 1.77. The summed E-state index contributed by atoms with van der Waals surface area (Å²) < 4.78 is 0. The molecule has 0 amide bonds. The van der Waals surface area contributed by atoms with Crippen LogP contribution in [0.15, 0.2) is 30.3 Å². The summed E-state index contributed by atoms with van der Waals surface area (Å²) in [4.78, 5) is 4.62. The molecule has 1 saturated carbocycles. The van der Waals surface area contributed by atoms with Gasteiger partial charge in [0.2, 0.25) is 0 Å². The van der Waals surface area contributed by atoms with Crippen molar-refractivity contribution in [3.05, 3.63) is 36.0 Å². The summed E-state index contributed by atoms with van der Waals surface area (Å²) in [6, 6.07) is 10.1. The van der Waals surface area contributed by atoms with Crippen molar-refractivity contribution in [2.45, 2.75) is 18.8 Å². The molecule has 2 aromatic rings. The van der Waals surface area contributed by atoms with Crippen LogP contribution in [0, 0.1) is 0 Å². The van der Waals surface area contributed by atoms with Gasteiger partial charge in [-0.05, 0) is 37.1 Å². The first-order chi connectivity index (χ1) is 6.83. The minimum atomic E-state index is 0.719. The molecule has 1 heterocycles. The maximum atomic E-state index is 5.71. The number of rotatable bonds is 1. The summed E-state index contributed by atoms with van der Waals surface area (Å²) in [5.41, 5.74) is 8.81. The molecule has 3 rings (SSSR count). The second kappa shape index (κ2) is 2.71. The lowest BCUT2D eigenvalue weighted by molar-refractivity contribution is 1.04. The molecule has 2 N–H and O–H groups in total. The Labute approximate surface area is 82.8 Å². The number of fused-ring (bicyclic) bond motifs is 1. The van der Waals surface area contributed by atoms with Crippen molar-refractivity contribution in [2.24, 2.45) is 0 Å². The minimum absolute atomic E-state index is 0.719. The van der Waals surface area contributed by atoms with Crippen LogP contribution in [0.5, 0.6) is 0 Å². The van der Waals surface area contributed by atoms with Crippen molar-refractivity contribution in [2.75, 3.05) is 5.73 Å². The van der Waals surface area contributed by atoms with E-state index in [1.54, 1.807) is 0 Å². The number of aromatic nitrogens is 1. The quantitative estimate of drug-likeness (QED) is 0.692. The molecule has 1 aromatic heterocycles. The molecule has 0 atom stereocenters. The van der Waals surface area contributed by atoms with Gasteiger partial charge in [-0.15, -0.1) is 0 Å². The number of benzene rings is 1. The molecule has 0 saturated heterocycles. The van der Waals surface area contributed by atoms with Crippen LogP contribution in [-0.4, -0.2) is 4.98 Å². The molecule has 0 radical (unpaired) electrons. The second-order valence-electron chi connectivity index (χ2n) is 3.96. The van der Waals surface area contributed by atoms with Crippen LogP contribution in [0.3, 0.4) is 0 Å². The molecule has 14 heavy (non-hydrogen) atoms. The lowest BCUT2D eigenvalue weighted by Crippen LogP contribution is -1.89. The molecule has 0 unspecified atom stereocenters. The summed E-state index contributed by atoms with van der Waals surface area (Å²) in [6.45, 7) is 0. The number of nitrogens with two attached hydrogens (primary N) is 1. The van der Waals surface area contributed by atoms with Crippen LogP contribution < -0.4 is 5.73 Å². The van der Waals surface area contributed by atoms with Crippen LogP contribution in [0.1, 0.15) is 24.5 Å². The summed E-state index contributed by atoms with van der Waals surface area (Å²) >= 11 is 0. The number of hydrogen-bond donors (Lipinski definition) is 1. The van der Waals surface area contributed by atoms with E-state index in [0.717, 1.165) is 22.5 Å². The summed E-state index contributed by atoms with van der Waals surface area (Å²) in [7, 11) is 0. The predicted molar refractivity (Wildman–Crippen MR) is 58.1 cm³/mol. The van der Waals surface area contributed by atoms with Gasteiger partial charge in [0.25, 0.3) is 0 Å². The van der Waals surface area contributed by atoms with Gasteiger partial charge in [-0.2, -0.15) is 0 Å². The first-order valence-corrected chi connectivity index (χ1v) is 4.99. The number of nitrogen functional groups attached to an aromatic ring is 1. The van der Waals surface area contributed by atoms with Crippen molar-refractivity contribution in [1.29, 1.82) is 0 Å². The molecule has 2 heteroatoms. The molecular weight excluding hydrogens is 172 g/mol. The van der Waals surface area contributed by atoms with Gasteiger partial charge in [0, 0.05) is 22.7 Å². The van der Waals surface area contributed by atoms with Gasteiger partial charge in [-0.1, -0.05) is 6.07 Å². The Morgan fingerprint density at radius 3 is 2.79 bits per heavy atom. The van der Waals surface area contributed by atoms with E-state index in [2.05, 4.69) is 17.1 Å². The van der Waals surface area contributed by atoms with Crippen LogP contribution in [-0.2, 0) is 0 Å². The standard InChI is InChI=1S/C12H12N2/c13-10-4-6-12-9(7-10)3-5-11(14-12)8-1-2-8/h3-8H,1-2,13H2. The molecular formula is C12H12N2. The van der Waals surface area contributed by atoms with Crippen molar-refractivity contribution in [1.82, 2.24) is 4.98 Å². The van der Waals surface area contributed by atoms with E-state index in [1.807, 2.05) is 18.2 Å². The zero-order valence-corrected chi connectivity index (χ0v) is 7.90. The first kappa shape index (κ1) is 7.80. The highest BCUT2D eigenvalue weighted by Crippen LogP contribution is 2.39. The Bertz CT molecular complexity index is 487. The second-order valence-corrected chi connectivity index (χ2v) is 3.96. The van der Waals surface area contributed by atoms with Crippen molar-refractivity contribution >= 4 is 16.6 Å². The van der Waals surface area contributed by atoms with Crippen LogP contribution in [0.2, 0.25) is 0 Å². The smallest absolute Gasteiger partial charge is 0.0706 e. The SMILES string of the molecule is Nc1ccc2nc(C3CC3)ccc2c1. The zero-order chi connectivity index (χ0) is 9.54. The Kier molecular flexibility index (Phi) is 1.51. The Morgan fingerprint density at radius 2 is 2.00 bits per heavy atom. The average molecular weight is 184 g/mol. The third-order valence-corrected chi connectivity index (χ3v) is 2.73. The van der Waals surface area contributed by atoms with Crippen molar-refractivity contribution in [3.63, 3.8) is 0 Å². The van der Waals surface area contributed by atoms with Gasteiger partial charge >= 0.3 is 0 Å². The molecule has 1 aliphatic rings. The van der Waals surface area contributed by atoms with Gasteiger partial charge in [0.1, 0.15) is 0 Å². The van der Waals surface area contributed by atoms with Crippen molar-refractivity contribution < 1.29 is 0 Å². The Balaban J connectivity index is 2.18. The van der Waals surface area contributed by atoms with Crippen molar-refractivity contribution in [3.8, 4) is 0 Å². The van der Waals surface area contributed by atoms with E-state index in [1.165, 1.54) is 18.5 Å². The zero-order valence-electron chi connectivity index (χ0n) is 7.90. The molecule has 70 valence electrons. The third kappa shape index (κ3) is 1.23. The lowest BCUT2D eigenvalue weighted by Gasteiger charge is -2.01. The summed E-state index contributed by atoms with van der Waals surface area (Å²) in [5.74, 6) is 0.719. The van der Waals surface area contributed by atoms with E-state index in [0.29, 0.717) is 0 Å². The highest BCUT2D eigenvalue weighted by atomic mass is 14.7. The molecule has 1 aromatic carbocycles. The van der Waals surface area contributed by atoms with E-state index in [4.69, 9.17) is 5.73 Å². The van der Waals surface area contributed by atoms with E-state index in [-0.39, 0.29) is 0 Å². The van der Waals surface area contributed by atoms with Gasteiger partial charge in [0.05, 0.1) is 5.52 Å². The third-order valence-electron chi connectivity index (χ3n) is 2.73. The molecule has 1 aliphatic carbocycles. The van der Waals surface area contributed by atoms with E-state index in [9.17, 15) is 0 Å². The number of anilines is 1. The number of nitrogens with zero attached hydrogens (tertiary/aromatic N) is 1. The monoisotopic (exact) mass is 184 g/mol. The van der Waals surface area contributed by atoms with Gasteiger partial charge in [0.15, 0.2) is 0 Å². The molecule has 2 nitrogen and oxygen atoms in total. The fraction of sp³-hybridized carbons (Fsp3) is 0.250. The highest BCUT2D eigenvalue weighted by molar-refractivity contribution is 5.82. The van der Waals surface area contributed by atoms with Gasteiger partial charge in [-0.25, -0.2) is 0 Å². The van der Waals surface area contributed by atoms with Crippen LogP contribution in [0.4, 0.5) is 5.69 Å². The Morgan fingerprint density at radius 1 is 1.14 bits per heavy atom. The molecule has 1 fully saturated rings. The predicted octanol–water partition coefficient (Wildman–Crippen LogP) is 2.69. The molecule has 0 spiro atoms. The number of hydrogen-bond acceptors (Lipinski definition) is 2. The fourth-order valence-electron chi connectivity index (χ4n) is 1.77. The maximum Gasteiger partial charge on any atom is 0.0706 e. The first-order valence-electron chi connectivity index (χ1n) is 4.99. The minimum Gasteiger partial charge on any atom is -0.399 e. The van der Waals surface area contributed by atoms with Crippen LogP contribution >= 0.6 is 0 Å². The Hall–Kier alpha value is -1.57.